The smallest absolute Gasteiger partial charge is 0.229 e. The van der Waals surface area contributed by atoms with Crippen molar-refractivity contribution < 1.29 is 9.90 Å². The van der Waals surface area contributed by atoms with Crippen molar-refractivity contribution in [2.45, 2.75) is 57.1 Å². The molecule has 1 heterocycles. The number of nitrogens with zero attached hydrogens (tertiary/aromatic N) is 2. The number of aliphatic hydroxyl groups is 1. The van der Waals surface area contributed by atoms with E-state index in [1.165, 1.54) is 19.3 Å². The quantitative estimate of drug-likeness (QED) is 0.569. The highest BCUT2D eigenvalue weighted by atomic mass is 16.3. The molecule has 32 heavy (non-hydrogen) atoms. The second-order valence-corrected chi connectivity index (χ2v) is 10.3. The molecule has 0 aromatic rings. The minimum Gasteiger partial charge on any atom is -0.390 e. The van der Waals surface area contributed by atoms with Crippen molar-refractivity contribution in [3.05, 3.63) is 48.7 Å². The third-order valence-electron chi connectivity index (χ3n) is 7.95. The van der Waals surface area contributed by atoms with Gasteiger partial charge in [-0.1, -0.05) is 43.0 Å². The number of likely N-dealkylation sites (N-methyl/N-ethyl adjacent to an activating group) is 1. The molecule has 4 aliphatic rings. The van der Waals surface area contributed by atoms with Gasteiger partial charge in [0.05, 0.1) is 12.0 Å². The van der Waals surface area contributed by atoms with Gasteiger partial charge in [0.15, 0.2) is 0 Å². The average molecular weight is 440 g/mol. The van der Waals surface area contributed by atoms with Crippen molar-refractivity contribution in [1.82, 2.24) is 15.1 Å². The van der Waals surface area contributed by atoms with Gasteiger partial charge in [-0.3, -0.25) is 4.79 Å². The number of fused-ring (bicyclic) bond motifs is 1. The molecule has 4 unspecified atom stereocenters. The SMILES string of the molecule is C=C(NC[C@@H](O)CN(C)C1CC2C=CC=CC2C1)C1C=CC(C(=O)N2CCCCC2)CC1. The molecule has 0 aromatic carbocycles. The maximum absolute atomic E-state index is 12.7. The third kappa shape index (κ3) is 5.74. The van der Waals surface area contributed by atoms with Crippen molar-refractivity contribution >= 4 is 5.91 Å². The van der Waals surface area contributed by atoms with Gasteiger partial charge < -0.3 is 20.2 Å². The maximum Gasteiger partial charge on any atom is 0.229 e. The average Bonchev–Trinajstić information content (AvgIpc) is 3.27. The molecule has 1 amide bonds. The Balaban J connectivity index is 1.17. The molecule has 5 heteroatoms. The first-order valence-corrected chi connectivity index (χ1v) is 12.6. The molecule has 1 saturated carbocycles. The van der Waals surface area contributed by atoms with E-state index < -0.39 is 6.10 Å². The Kier molecular flexibility index (Phi) is 7.90. The fraction of sp³-hybridized carbons (Fsp3) is 0.667. The van der Waals surface area contributed by atoms with Gasteiger partial charge in [-0.25, -0.2) is 0 Å². The maximum atomic E-state index is 12.7. The zero-order chi connectivity index (χ0) is 22.5. The molecule has 5 nitrogen and oxygen atoms in total. The summed E-state index contributed by atoms with van der Waals surface area (Å²) in [5.41, 5.74) is 0.953. The van der Waals surface area contributed by atoms with Crippen molar-refractivity contribution in [1.29, 1.82) is 0 Å². The first-order valence-electron chi connectivity index (χ1n) is 12.6. The van der Waals surface area contributed by atoms with Crippen LogP contribution in [0.5, 0.6) is 0 Å². The summed E-state index contributed by atoms with van der Waals surface area (Å²) in [6.07, 6.45) is 20.5. The van der Waals surface area contributed by atoms with E-state index in [1.807, 2.05) is 4.90 Å². The third-order valence-corrected chi connectivity index (χ3v) is 7.95. The molecular weight excluding hydrogens is 398 g/mol. The monoisotopic (exact) mass is 439 g/mol. The van der Waals surface area contributed by atoms with Crippen LogP contribution in [0.1, 0.15) is 44.9 Å². The molecular formula is C27H41N3O2. The van der Waals surface area contributed by atoms with E-state index in [1.54, 1.807) is 0 Å². The van der Waals surface area contributed by atoms with E-state index in [2.05, 4.69) is 60.3 Å². The molecule has 176 valence electrons. The number of hydrogen-bond donors (Lipinski definition) is 2. The topological polar surface area (TPSA) is 55.8 Å². The van der Waals surface area contributed by atoms with Gasteiger partial charge in [0.25, 0.3) is 0 Å². The van der Waals surface area contributed by atoms with Gasteiger partial charge in [0.1, 0.15) is 0 Å². The van der Waals surface area contributed by atoms with E-state index in [0.29, 0.717) is 36.9 Å². The second-order valence-electron chi connectivity index (χ2n) is 10.3. The van der Waals surface area contributed by atoms with Crippen LogP contribution in [0.4, 0.5) is 0 Å². The van der Waals surface area contributed by atoms with Crippen LogP contribution >= 0.6 is 0 Å². The summed E-state index contributed by atoms with van der Waals surface area (Å²) in [6, 6.07) is 0.533. The van der Waals surface area contributed by atoms with Crippen molar-refractivity contribution in [3.63, 3.8) is 0 Å². The normalized spacial score (nSPS) is 32.7. The van der Waals surface area contributed by atoms with Crippen LogP contribution < -0.4 is 5.32 Å². The van der Waals surface area contributed by atoms with Crippen LogP contribution in [0.3, 0.4) is 0 Å². The number of piperidine rings is 1. The van der Waals surface area contributed by atoms with Gasteiger partial charge >= 0.3 is 0 Å². The number of rotatable bonds is 8. The molecule has 0 aromatic heterocycles. The lowest BCUT2D eigenvalue weighted by atomic mass is 9.86. The highest BCUT2D eigenvalue weighted by Crippen LogP contribution is 2.38. The van der Waals surface area contributed by atoms with Gasteiger partial charge in [-0.05, 0) is 63.8 Å². The molecule has 2 fully saturated rings. The van der Waals surface area contributed by atoms with E-state index in [-0.39, 0.29) is 11.8 Å². The number of amides is 1. The molecule has 4 rings (SSSR count). The number of carbonyl (C=O) groups excluding carboxylic acids is 1. The highest BCUT2D eigenvalue weighted by molar-refractivity contribution is 5.80. The van der Waals surface area contributed by atoms with Gasteiger partial charge in [0.2, 0.25) is 5.91 Å². The van der Waals surface area contributed by atoms with Gasteiger partial charge in [0, 0.05) is 43.8 Å². The largest absolute Gasteiger partial charge is 0.390 e. The summed E-state index contributed by atoms with van der Waals surface area (Å²) in [7, 11) is 2.14. The Hall–Kier alpha value is -1.85. The van der Waals surface area contributed by atoms with Crippen molar-refractivity contribution in [2.24, 2.45) is 23.7 Å². The molecule has 1 saturated heterocycles. The standard InChI is InChI=1S/C27H41N3O2/c1-20(21-10-12-22(13-11-21)27(32)30-14-6-3-7-15-30)28-18-26(31)19-29(2)25-16-23-8-4-5-9-24(23)17-25/h4-5,8-10,12,21-26,28,31H,1,3,6-7,11,13-19H2,2H3/t21?,22?,23?,24?,25?,26-/m1/s1. The Morgan fingerprint density at radius 2 is 1.69 bits per heavy atom. The summed E-state index contributed by atoms with van der Waals surface area (Å²) in [5, 5.41) is 14.0. The lowest BCUT2D eigenvalue weighted by Gasteiger charge is -2.32. The van der Waals surface area contributed by atoms with Crippen LogP contribution in [-0.2, 0) is 4.79 Å². The second kappa shape index (κ2) is 10.8. The first-order chi connectivity index (χ1) is 15.5. The molecule has 3 aliphatic carbocycles. The first kappa shape index (κ1) is 23.3. The molecule has 2 N–H and O–H groups in total. The number of carbonyl (C=O) groups is 1. The zero-order valence-corrected chi connectivity index (χ0v) is 19.7. The van der Waals surface area contributed by atoms with Gasteiger partial charge in [-0.2, -0.15) is 0 Å². The predicted molar refractivity (Wildman–Crippen MR) is 130 cm³/mol. The molecule has 0 spiro atoms. The van der Waals surface area contributed by atoms with Crippen LogP contribution in [0.15, 0.2) is 48.7 Å². The number of aliphatic hydroxyl groups excluding tert-OH is 1. The summed E-state index contributed by atoms with van der Waals surface area (Å²) >= 11 is 0. The van der Waals surface area contributed by atoms with Crippen molar-refractivity contribution in [2.75, 3.05) is 33.2 Å². The number of likely N-dealkylation sites (tertiary alicyclic amines) is 1. The fourth-order valence-corrected chi connectivity index (χ4v) is 5.88. The Morgan fingerprint density at radius 3 is 2.31 bits per heavy atom. The van der Waals surface area contributed by atoms with E-state index >= 15 is 0 Å². The summed E-state index contributed by atoms with van der Waals surface area (Å²) in [6.45, 7) is 7.25. The molecule has 1 aliphatic heterocycles. The van der Waals surface area contributed by atoms with Crippen LogP contribution in [0.25, 0.3) is 0 Å². The van der Waals surface area contributed by atoms with Crippen LogP contribution in [0, 0.1) is 23.7 Å². The Morgan fingerprint density at radius 1 is 1.06 bits per heavy atom. The van der Waals surface area contributed by atoms with Crippen LogP contribution in [0.2, 0.25) is 0 Å². The van der Waals surface area contributed by atoms with Crippen molar-refractivity contribution in [3.8, 4) is 0 Å². The number of hydrogen-bond acceptors (Lipinski definition) is 4. The lowest BCUT2D eigenvalue weighted by Crippen LogP contribution is -2.41. The summed E-state index contributed by atoms with van der Waals surface area (Å²) < 4.78 is 0. The van der Waals surface area contributed by atoms with E-state index in [9.17, 15) is 9.90 Å². The molecule has 5 atom stereocenters. The molecule has 0 radical (unpaired) electrons. The predicted octanol–water partition coefficient (Wildman–Crippen LogP) is 3.50. The number of allylic oxidation sites excluding steroid dienone is 5. The Bertz CT molecular complexity index is 732. The lowest BCUT2D eigenvalue weighted by molar-refractivity contribution is -0.135. The fourth-order valence-electron chi connectivity index (χ4n) is 5.88. The van der Waals surface area contributed by atoms with Gasteiger partial charge in [-0.15, -0.1) is 0 Å². The van der Waals surface area contributed by atoms with E-state index in [0.717, 1.165) is 44.5 Å². The van der Waals surface area contributed by atoms with Crippen LogP contribution in [-0.4, -0.2) is 66.2 Å². The number of nitrogens with one attached hydrogen (secondary N) is 1. The van der Waals surface area contributed by atoms with E-state index in [4.69, 9.17) is 0 Å². The highest BCUT2D eigenvalue weighted by Gasteiger charge is 2.34. The summed E-state index contributed by atoms with van der Waals surface area (Å²) in [4.78, 5) is 17.1. The summed E-state index contributed by atoms with van der Waals surface area (Å²) in [5.74, 6) is 1.88. The minimum atomic E-state index is -0.425. The molecule has 0 bridgehead atoms. The Labute approximate surface area is 193 Å². The zero-order valence-electron chi connectivity index (χ0n) is 19.7. The minimum absolute atomic E-state index is 0.0242.